The highest BCUT2D eigenvalue weighted by molar-refractivity contribution is 4.94. The van der Waals surface area contributed by atoms with Crippen molar-refractivity contribution in [2.75, 3.05) is 14.1 Å². The molecule has 1 rings (SSSR count). The minimum Gasteiger partial charge on any atom is -0.317 e. The Hall–Kier alpha value is -0.0800. The molecule has 2 N–H and O–H groups in total. The molecule has 1 aliphatic rings. The fourth-order valence-corrected chi connectivity index (χ4v) is 2.67. The second kappa shape index (κ2) is 4.97. The molecule has 1 saturated carbocycles. The Labute approximate surface area is 82.5 Å². The fourth-order valence-electron chi connectivity index (χ4n) is 2.67. The lowest BCUT2D eigenvalue weighted by atomic mass is 9.76. The summed E-state index contributed by atoms with van der Waals surface area (Å²) < 4.78 is 0. The third kappa shape index (κ3) is 2.68. The molecule has 0 aromatic heterocycles. The standard InChI is InChI=1S/C11H24N2/c1-4-7-11(13-3)8-5-6-10(9-11)12-2/h10,12-13H,4-9H2,1-3H3. The van der Waals surface area contributed by atoms with Gasteiger partial charge in [-0.3, -0.25) is 0 Å². The van der Waals surface area contributed by atoms with Gasteiger partial charge in [-0.15, -0.1) is 0 Å². The van der Waals surface area contributed by atoms with Crippen LogP contribution in [-0.4, -0.2) is 25.7 Å². The fraction of sp³-hybridized carbons (Fsp3) is 1.00. The van der Waals surface area contributed by atoms with Crippen molar-refractivity contribution in [1.29, 1.82) is 0 Å². The summed E-state index contributed by atoms with van der Waals surface area (Å²) in [5.74, 6) is 0. The SMILES string of the molecule is CCCC1(NC)CCCC(NC)C1. The zero-order valence-electron chi connectivity index (χ0n) is 9.32. The topological polar surface area (TPSA) is 24.1 Å². The van der Waals surface area contributed by atoms with E-state index in [0.29, 0.717) is 5.54 Å². The van der Waals surface area contributed by atoms with E-state index in [-0.39, 0.29) is 0 Å². The molecule has 1 aliphatic carbocycles. The van der Waals surface area contributed by atoms with Gasteiger partial charge in [-0.05, 0) is 39.8 Å². The molecule has 2 nitrogen and oxygen atoms in total. The van der Waals surface area contributed by atoms with E-state index >= 15 is 0 Å². The van der Waals surface area contributed by atoms with Gasteiger partial charge in [0.2, 0.25) is 0 Å². The third-order valence-electron chi connectivity index (χ3n) is 3.51. The van der Waals surface area contributed by atoms with Crippen LogP contribution in [0.2, 0.25) is 0 Å². The average molecular weight is 184 g/mol. The molecule has 0 saturated heterocycles. The number of nitrogens with one attached hydrogen (secondary N) is 2. The lowest BCUT2D eigenvalue weighted by Gasteiger charge is -2.41. The second-order valence-corrected chi connectivity index (χ2v) is 4.36. The maximum absolute atomic E-state index is 3.54. The zero-order valence-corrected chi connectivity index (χ0v) is 9.32. The van der Waals surface area contributed by atoms with Crippen LogP contribution in [0.15, 0.2) is 0 Å². The first kappa shape index (κ1) is 11.0. The van der Waals surface area contributed by atoms with Gasteiger partial charge in [0.25, 0.3) is 0 Å². The summed E-state index contributed by atoms with van der Waals surface area (Å²) in [5, 5.41) is 6.95. The Morgan fingerprint density at radius 2 is 2.15 bits per heavy atom. The summed E-state index contributed by atoms with van der Waals surface area (Å²) in [6.07, 6.45) is 7.98. The van der Waals surface area contributed by atoms with E-state index in [2.05, 4.69) is 31.7 Å². The summed E-state index contributed by atoms with van der Waals surface area (Å²) in [4.78, 5) is 0. The molecule has 0 aromatic rings. The molecular weight excluding hydrogens is 160 g/mol. The number of hydrogen-bond donors (Lipinski definition) is 2. The molecule has 0 bridgehead atoms. The molecule has 2 unspecified atom stereocenters. The highest BCUT2D eigenvalue weighted by Crippen LogP contribution is 2.31. The van der Waals surface area contributed by atoms with Crippen LogP contribution in [0, 0.1) is 0 Å². The molecule has 0 aromatic carbocycles. The Morgan fingerprint density at radius 3 is 2.69 bits per heavy atom. The largest absolute Gasteiger partial charge is 0.317 e. The highest BCUT2D eigenvalue weighted by atomic mass is 15.0. The van der Waals surface area contributed by atoms with Gasteiger partial charge in [-0.2, -0.15) is 0 Å². The minimum atomic E-state index is 0.431. The van der Waals surface area contributed by atoms with Crippen LogP contribution in [0.3, 0.4) is 0 Å². The molecule has 13 heavy (non-hydrogen) atoms. The molecule has 0 heterocycles. The first-order chi connectivity index (χ1) is 6.26. The van der Waals surface area contributed by atoms with Crippen molar-refractivity contribution in [1.82, 2.24) is 10.6 Å². The predicted molar refractivity (Wildman–Crippen MR) is 58.0 cm³/mol. The lowest BCUT2D eigenvalue weighted by molar-refractivity contribution is 0.196. The van der Waals surface area contributed by atoms with Gasteiger partial charge in [0.05, 0.1) is 0 Å². The van der Waals surface area contributed by atoms with Crippen LogP contribution in [0.1, 0.15) is 45.4 Å². The monoisotopic (exact) mass is 184 g/mol. The van der Waals surface area contributed by atoms with Crippen LogP contribution in [0.25, 0.3) is 0 Å². The molecule has 2 atom stereocenters. The summed E-state index contributed by atoms with van der Waals surface area (Å²) >= 11 is 0. The van der Waals surface area contributed by atoms with Crippen molar-refractivity contribution in [3.05, 3.63) is 0 Å². The Morgan fingerprint density at radius 1 is 1.38 bits per heavy atom. The summed E-state index contributed by atoms with van der Waals surface area (Å²) in [7, 11) is 4.20. The van der Waals surface area contributed by atoms with Crippen molar-refractivity contribution < 1.29 is 0 Å². The van der Waals surface area contributed by atoms with E-state index in [1.165, 1.54) is 38.5 Å². The molecule has 1 fully saturated rings. The highest BCUT2D eigenvalue weighted by Gasteiger charge is 2.33. The molecule has 78 valence electrons. The predicted octanol–water partition coefficient (Wildman–Crippen LogP) is 1.91. The summed E-state index contributed by atoms with van der Waals surface area (Å²) in [5.41, 5.74) is 0.431. The van der Waals surface area contributed by atoms with E-state index in [1.54, 1.807) is 0 Å². The van der Waals surface area contributed by atoms with Crippen molar-refractivity contribution >= 4 is 0 Å². The lowest BCUT2D eigenvalue weighted by Crippen LogP contribution is -2.50. The van der Waals surface area contributed by atoms with Gasteiger partial charge in [0.1, 0.15) is 0 Å². The Bertz CT molecular complexity index is 143. The van der Waals surface area contributed by atoms with E-state index in [1.807, 2.05) is 0 Å². The van der Waals surface area contributed by atoms with Gasteiger partial charge >= 0.3 is 0 Å². The number of rotatable bonds is 4. The van der Waals surface area contributed by atoms with Crippen LogP contribution >= 0.6 is 0 Å². The minimum absolute atomic E-state index is 0.431. The second-order valence-electron chi connectivity index (χ2n) is 4.36. The summed E-state index contributed by atoms with van der Waals surface area (Å²) in [6, 6.07) is 0.729. The van der Waals surface area contributed by atoms with Crippen LogP contribution in [-0.2, 0) is 0 Å². The molecular formula is C11H24N2. The maximum Gasteiger partial charge on any atom is 0.0193 e. The van der Waals surface area contributed by atoms with Gasteiger partial charge < -0.3 is 10.6 Å². The Kier molecular flexibility index (Phi) is 4.20. The zero-order chi connectivity index (χ0) is 9.73. The third-order valence-corrected chi connectivity index (χ3v) is 3.51. The van der Waals surface area contributed by atoms with Crippen molar-refractivity contribution in [3.63, 3.8) is 0 Å². The van der Waals surface area contributed by atoms with E-state index in [9.17, 15) is 0 Å². The first-order valence-corrected chi connectivity index (χ1v) is 5.62. The van der Waals surface area contributed by atoms with E-state index in [4.69, 9.17) is 0 Å². The first-order valence-electron chi connectivity index (χ1n) is 5.62. The average Bonchev–Trinajstić information content (AvgIpc) is 2.19. The normalized spacial score (nSPS) is 34.8. The van der Waals surface area contributed by atoms with Gasteiger partial charge in [-0.25, -0.2) is 0 Å². The smallest absolute Gasteiger partial charge is 0.0193 e. The van der Waals surface area contributed by atoms with Crippen molar-refractivity contribution in [2.45, 2.75) is 57.0 Å². The van der Waals surface area contributed by atoms with Crippen molar-refractivity contribution in [2.24, 2.45) is 0 Å². The summed E-state index contributed by atoms with van der Waals surface area (Å²) in [6.45, 7) is 2.28. The van der Waals surface area contributed by atoms with Crippen molar-refractivity contribution in [3.8, 4) is 0 Å². The van der Waals surface area contributed by atoms with E-state index < -0.39 is 0 Å². The van der Waals surface area contributed by atoms with Crippen LogP contribution in [0.5, 0.6) is 0 Å². The van der Waals surface area contributed by atoms with Gasteiger partial charge in [0.15, 0.2) is 0 Å². The molecule has 0 spiro atoms. The Balaban J connectivity index is 2.53. The van der Waals surface area contributed by atoms with Crippen LogP contribution in [0.4, 0.5) is 0 Å². The van der Waals surface area contributed by atoms with Gasteiger partial charge in [-0.1, -0.05) is 19.8 Å². The molecule has 0 radical (unpaired) electrons. The number of hydrogen-bond acceptors (Lipinski definition) is 2. The van der Waals surface area contributed by atoms with E-state index in [0.717, 1.165) is 6.04 Å². The van der Waals surface area contributed by atoms with Gasteiger partial charge in [0, 0.05) is 11.6 Å². The molecule has 2 heteroatoms. The maximum atomic E-state index is 3.54. The molecule has 0 amide bonds. The quantitative estimate of drug-likeness (QED) is 0.697. The molecule has 0 aliphatic heterocycles. The van der Waals surface area contributed by atoms with Crippen LogP contribution < -0.4 is 10.6 Å².